The van der Waals surface area contributed by atoms with Crippen molar-refractivity contribution in [3.05, 3.63) is 24.0 Å². The summed E-state index contributed by atoms with van der Waals surface area (Å²) in [6.45, 7) is 6.26. The number of ether oxygens (including phenoxy) is 1. The van der Waals surface area contributed by atoms with Gasteiger partial charge >= 0.3 is 0 Å². The van der Waals surface area contributed by atoms with Gasteiger partial charge in [-0.15, -0.1) is 0 Å². The van der Waals surface area contributed by atoms with Crippen LogP contribution in [0.15, 0.2) is 18.5 Å². The molecule has 0 radical (unpaired) electrons. The van der Waals surface area contributed by atoms with E-state index in [1.165, 1.54) is 32.1 Å². The summed E-state index contributed by atoms with van der Waals surface area (Å²) < 4.78 is 5.64. The Morgan fingerprint density at radius 3 is 2.58 bits per heavy atom. The molecule has 0 bridgehead atoms. The molecule has 19 heavy (non-hydrogen) atoms. The van der Waals surface area contributed by atoms with E-state index in [0.717, 1.165) is 17.7 Å². The molecule has 3 nitrogen and oxygen atoms in total. The third-order valence-corrected chi connectivity index (χ3v) is 3.15. The summed E-state index contributed by atoms with van der Waals surface area (Å²) in [6.07, 6.45) is 11.2. The molecule has 1 aromatic rings. The average molecular weight is 264 g/mol. The third kappa shape index (κ3) is 6.58. The Bertz CT molecular complexity index is 352. The maximum atomic E-state index is 6.21. The quantitative estimate of drug-likeness (QED) is 0.679. The number of pyridine rings is 1. The highest BCUT2D eigenvalue weighted by molar-refractivity contribution is 5.25. The van der Waals surface area contributed by atoms with Gasteiger partial charge in [0.1, 0.15) is 5.75 Å². The van der Waals surface area contributed by atoms with Crippen molar-refractivity contribution in [3.8, 4) is 5.75 Å². The van der Waals surface area contributed by atoms with Gasteiger partial charge < -0.3 is 10.5 Å². The summed E-state index contributed by atoms with van der Waals surface area (Å²) in [6, 6.07) is 2.09. The average Bonchev–Trinajstić information content (AvgIpc) is 2.38. The zero-order valence-electron chi connectivity index (χ0n) is 12.6. The number of aromatic nitrogens is 1. The standard InChI is InChI=1S/C16H28N2O/c1-4-5-6-7-8-9-16(17)14-10-15(12-18-11-14)19-13(2)3/h10-13,16H,4-9,17H2,1-3H3. The van der Waals surface area contributed by atoms with Gasteiger partial charge in [0, 0.05) is 12.2 Å². The Labute approximate surface area is 117 Å². The highest BCUT2D eigenvalue weighted by atomic mass is 16.5. The Hall–Kier alpha value is -1.09. The van der Waals surface area contributed by atoms with E-state index in [-0.39, 0.29) is 12.1 Å². The van der Waals surface area contributed by atoms with Gasteiger partial charge in [-0.1, -0.05) is 39.0 Å². The first-order valence-electron chi connectivity index (χ1n) is 7.50. The molecule has 1 aromatic heterocycles. The van der Waals surface area contributed by atoms with Gasteiger partial charge in [0.05, 0.1) is 12.3 Å². The van der Waals surface area contributed by atoms with Crippen LogP contribution in [0.25, 0.3) is 0 Å². The molecule has 0 aromatic carbocycles. The van der Waals surface area contributed by atoms with Gasteiger partial charge in [0.2, 0.25) is 0 Å². The lowest BCUT2D eigenvalue weighted by atomic mass is 10.0. The smallest absolute Gasteiger partial charge is 0.138 e. The van der Waals surface area contributed by atoms with Gasteiger partial charge in [-0.05, 0) is 31.9 Å². The number of hydrogen-bond donors (Lipinski definition) is 1. The second-order valence-corrected chi connectivity index (χ2v) is 5.43. The van der Waals surface area contributed by atoms with Crippen LogP contribution in [0.5, 0.6) is 5.75 Å². The summed E-state index contributed by atoms with van der Waals surface area (Å²) in [7, 11) is 0. The lowest BCUT2D eigenvalue weighted by Crippen LogP contribution is -2.12. The van der Waals surface area contributed by atoms with Crippen LogP contribution in [0.3, 0.4) is 0 Å². The Morgan fingerprint density at radius 1 is 1.16 bits per heavy atom. The molecule has 3 heteroatoms. The number of nitrogens with zero attached hydrogens (tertiary/aromatic N) is 1. The molecule has 0 fully saturated rings. The van der Waals surface area contributed by atoms with Crippen molar-refractivity contribution in [3.63, 3.8) is 0 Å². The molecule has 1 heterocycles. The molecule has 108 valence electrons. The van der Waals surface area contributed by atoms with Crippen LogP contribution in [-0.4, -0.2) is 11.1 Å². The van der Waals surface area contributed by atoms with E-state index in [1.54, 1.807) is 6.20 Å². The maximum Gasteiger partial charge on any atom is 0.138 e. The van der Waals surface area contributed by atoms with Crippen LogP contribution < -0.4 is 10.5 Å². The molecular formula is C16H28N2O. The molecule has 1 rings (SSSR count). The fraction of sp³-hybridized carbons (Fsp3) is 0.688. The fourth-order valence-electron chi connectivity index (χ4n) is 2.11. The second kappa shape index (κ2) is 8.92. The van der Waals surface area contributed by atoms with E-state index in [9.17, 15) is 0 Å². The molecule has 0 amide bonds. The zero-order valence-corrected chi connectivity index (χ0v) is 12.6. The Morgan fingerprint density at radius 2 is 1.89 bits per heavy atom. The molecule has 0 aliphatic carbocycles. The Balaban J connectivity index is 2.40. The van der Waals surface area contributed by atoms with Gasteiger partial charge in [-0.25, -0.2) is 0 Å². The highest BCUT2D eigenvalue weighted by Crippen LogP contribution is 2.21. The molecule has 1 unspecified atom stereocenters. The summed E-state index contributed by atoms with van der Waals surface area (Å²) in [5.74, 6) is 0.814. The summed E-state index contributed by atoms with van der Waals surface area (Å²) in [5.41, 5.74) is 7.29. The van der Waals surface area contributed by atoms with Crippen molar-refractivity contribution < 1.29 is 4.74 Å². The van der Waals surface area contributed by atoms with Crippen LogP contribution >= 0.6 is 0 Å². The first-order chi connectivity index (χ1) is 9.13. The number of nitrogens with two attached hydrogens (primary N) is 1. The molecular weight excluding hydrogens is 236 g/mol. The Kier molecular flexibility index (Phi) is 7.49. The van der Waals surface area contributed by atoms with Crippen LogP contribution in [0.1, 0.15) is 70.9 Å². The lowest BCUT2D eigenvalue weighted by molar-refractivity contribution is 0.241. The second-order valence-electron chi connectivity index (χ2n) is 5.43. The van der Waals surface area contributed by atoms with Crippen molar-refractivity contribution in [1.29, 1.82) is 0 Å². The third-order valence-electron chi connectivity index (χ3n) is 3.15. The van der Waals surface area contributed by atoms with E-state index in [4.69, 9.17) is 10.5 Å². The van der Waals surface area contributed by atoms with Crippen LogP contribution in [0.2, 0.25) is 0 Å². The van der Waals surface area contributed by atoms with E-state index in [1.807, 2.05) is 26.1 Å². The lowest BCUT2D eigenvalue weighted by Gasteiger charge is -2.14. The predicted octanol–water partition coefficient (Wildman–Crippen LogP) is 4.23. The van der Waals surface area contributed by atoms with Gasteiger partial charge in [0.25, 0.3) is 0 Å². The van der Waals surface area contributed by atoms with Crippen LogP contribution in [0.4, 0.5) is 0 Å². The molecule has 0 saturated carbocycles. The van der Waals surface area contributed by atoms with Crippen molar-refractivity contribution in [2.45, 2.75) is 71.4 Å². The number of rotatable bonds is 9. The molecule has 0 aliphatic rings. The molecule has 0 spiro atoms. The molecule has 1 atom stereocenters. The monoisotopic (exact) mass is 264 g/mol. The molecule has 0 saturated heterocycles. The first-order valence-corrected chi connectivity index (χ1v) is 7.50. The summed E-state index contributed by atoms with van der Waals surface area (Å²) in [5, 5.41) is 0. The van der Waals surface area contributed by atoms with Crippen LogP contribution in [0, 0.1) is 0 Å². The minimum absolute atomic E-state index is 0.0739. The highest BCUT2D eigenvalue weighted by Gasteiger charge is 2.08. The SMILES string of the molecule is CCCCCCCC(N)c1cncc(OC(C)C)c1. The van der Waals surface area contributed by atoms with Gasteiger partial charge in [-0.2, -0.15) is 0 Å². The summed E-state index contributed by atoms with van der Waals surface area (Å²) >= 11 is 0. The first kappa shape index (κ1) is 16.0. The van der Waals surface area contributed by atoms with Crippen molar-refractivity contribution in [1.82, 2.24) is 4.98 Å². The topological polar surface area (TPSA) is 48.1 Å². The van der Waals surface area contributed by atoms with Crippen LogP contribution in [-0.2, 0) is 0 Å². The minimum atomic E-state index is 0.0739. The number of unbranched alkanes of at least 4 members (excludes halogenated alkanes) is 4. The zero-order chi connectivity index (χ0) is 14.1. The predicted molar refractivity (Wildman–Crippen MR) is 80.3 cm³/mol. The van der Waals surface area contributed by atoms with Gasteiger partial charge in [0.15, 0.2) is 0 Å². The van der Waals surface area contributed by atoms with E-state index < -0.39 is 0 Å². The number of hydrogen-bond acceptors (Lipinski definition) is 3. The van der Waals surface area contributed by atoms with Crippen molar-refractivity contribution >= 4 is 0 Å². The van der Waals surface area contributed by atoms with E-state index in [2.05, 4.69) is 11.9 Å². The largest absolute Gasteiger partial charge is 0.489 e. The fourth-order valence-corrected chi connectivity index (χ4v) is 2.11. The summed E-state index contributed by atoms with van der Waals surface area (Å²) in [4.78, 5) is 4.21. The normalized spacial score (nSPS) is 12.7. The van der Waals surface area contributed by atoms with E-state index in [0.29, 0.717) is 0 Å². The van der Waals surface area contributed by atoms with Crippen molar-refractivity contribution in [2.24, 2.45) is 5.73 Å². The van der Waals surface area contributed by atoms with Gasteiger partial charge in [-0.3, -0.25) is 4.98 Å². The van der Waals surface area contributed by atoms with E-state index >= 15 is 0 Å². The molecule has 0 aliphatic heterocycles. The minimum Gasteiger partial charge on any atom is -0.489 e. The molecule has 2 N–H and O–H groups in total. The maximum absolute atomic E-state index is 6.21. The van der Waals surface area contributed by atoms with Crippen molar-refractivity contribution in [2.75, 3.05) is 0 Å².